The molecule has 0 radical (unpaired) electrons. The molecule has 6 heteroatoms. The van der Waals surface area contributed by atoms with Gasteiger partial charge in [-0.15, -0.1) is 0 Å². The van der Waals surface area contributed by atoms with Gasteiger partial charge in [0.1, 0.15) is 17.2 Å². The molecular weight excluding hydrogens is 320 g/mol. The Morgan fingerprint density at radius 3 is 2.48 bits per heavy atom. The van der Waals surface area contributed by atoms with E-state index >= 15 is 0 Å². The summed E-state index contributed by atoms with van der Waals surface area (Å²) in [5, 5.41) is 13.4. The maximum Gasteiger partial charge on any atom is 0.277 e. The molecule has 6 nitrogen and oxygen atoms in total. The molecule has 0 aliphatic carbocycles. The van der Waals surface area contributed by atoms with Crippen molar-refractivity contribution in [3.63, 3.8) is 0 Å². The first-order chi connectivity index (χ1) is 12.2. The molecule has 0 bridgehead atoms. The Balaban J connectivity index is 1.73. The van der Waals surface area contributed by atoms with Crippen molar-refractivity contribution in [3.05, 3.63) is 54.1 Å². The Morgan fingerprint density at radius 2 is 1.80 bits per heavy atom. The zero-order valence-corrected chi connectivity index (χ0v) is 14.1. The topological polar surface area (TPSA) is 80.2 Å². The Hall–Kier alpha value is -3.02. The second kappa shape index (κ2) is 9.97. The van der Waals surface area contributed by atoms with Crippen molar-refractivity contribution in [2.24, 2.45) is 5.10 Å². The van der Waals surface area contributed by atoms with E-state index in [1.54, 1.807) is 48.5 Å². The molecule has 2 aromatic carbocycles. The highest BCUT2D eigenvalue weighted by Gasteiger charge is 2.02. The number of carbonyl (C=O) groups excluding carboxylic acids is 1. The van der Waals surface area contributed by atoms with Crippen LogP contribution in [-0.2, 0) is 4.79 Å². The van der Waals surface area contributed by atoms with E-state index in [9.17, 15) is 9.90 Å². The molecule has 0 aliphatic heterocycles. The predicted molar refractivity (Wildman–Crippen MR) is 96.2 cm³/mol. The largest absolute Gasteiger partial charge is 0.507 e. The number of ether oxygens (including phenoxy) is 2. The lowest BCUT2D eigenvalue weighted by Crippen LogP contribution is -2.24. The number of hydrogen-bond acceptors (Lipinski definition) is 5. The third-order valence-corrected chi connectivity index (χ3v) is 3.29. The van der Waals surface area contributed by atoms with E-state index in [0.717, 1.165) is 18.6 Å². The van der Waals surface area contributed by atoms with Crippen molar-refractivity contribution < 1.29 is 19.4 Å². The van der Waals surface area contributed by atoms with Crippen LogP contribution in [0.2, 0.25) is 0 Å². The number of amides is 1. The van der Waals surface area contributed by atoms with E-state index < -0.39 is 5.91 Å². The number of para-hydroxylation sites is 1. The van der Waals surface area contributed by atoms with Crippen LogP contribution in [0.15, 0.2) is 53.6 Å². The van der Waals surface area contributed by atoms with Gasteiger partial charge in [-0.3, -0.25) is 4.79 Å². The molecule has 1 amide bonds. The van der Waals surface area contributed by atoms with Gasteiger partial charge in [-0.2, -0.15) is 5.10 Å². The smallest absolute Gasteiger partial charge is 0.277 e. The minimum atomic E-state index is -0.394. The summed E-state index contributed by atoms with van der Waals surface area (Å²) in [5.74, 6) is 1.05. The standard InChI is InChI=1S/C19H22N2O4/c1-2-3-12-24-16-8-10-17(11-9-16)25-14-19(23)21-20-13-15-6-4-5-7-18(15)22/h4-11,13,22H,2-3,12,14H2,1H3,(H,21,23)/b20-13-. The fourth-order valence-electron chi connectivity index (χ4n) is 1.92. The fourth-order valence-corrected chi connectivity index (χ4v) is 1.92. The van der Waals surface area contributed by atoms with E-state index in [2.05, 4.69) is 17.5 Å². The summed E-state index contributed by atoms with van der Waals surface area (Å²) in [6.07, 6.45) is 3.47. The first-order valence-electron chi connectivity index (χ1n) is 8.14. The second-order valence-corrected chi connectivity index (χ2v) is 5.31. The van der Waals surface area contributed by atoms with Gasteiger partial charge in [0.05, 0.1) is 12.8 Å². The average Bonchev–Trinajstić information content (AvgIpc) is 2.63. The van der Waals surface area contributed by atoms with Crippen LogP contribution in [0.5, 0.6) is 17.2 Å². The quantitative estimate of drug-likeness (QED) is 0.417. The number of aromatic hydroxyl groups is 1. The molecule has 0 saturated heterocycles. The van der Waals surface area contributed by atoms with Crippen molar-refractivity contribution >= 4 is 12.1 Å². The Labute approximate surface area is 147 Å². The Morgan fingerprint density at radius 1 is 1.12 bits per heavy atom. The normalized spacial score (nSPS) is 10.6. The molecule has 2 N–H and O–H groups in total. The fraction of sp³-hybridized carbons (Fsp3) is 0.263. The Kier molecular flexibility index (Phi) is 7.31. The van der Waals surface area contributed by atoms with Crippen LogP contribution < -0.4 is 14.9 Å². The highest BCUT2D eigenvalue weighted by Crippen LogP contribution is 2.17. The van der Waals surface area contributed by atoms with Crippen LogP contribution in [-0.4, -0.2) is 30.4 Å². The minimum absolute atomic E-state index is 0.0954. The van der Waals surface area contributed by atoms with Crippen molar-refractivity contribution in [2.45, 2.75) is 19.8 Å². The molecule has 132 valence electrons. The number of phenolic OH excluding ortho intramolecular Hbond substituents is 1. The lowest BCUT2D eigenvalue weighted by atomic mass is 10.2. The van der Waals surface area contributed by atoms with E-state index in [1.807, 2.05) is 0 Å². The monoisotopic (exact) mass is 342 g/mol. The number of hydrogen-bond donors (Lipinski definition) is 2. The van der Waals surface area contributed by atoms with Crippen molar-refractivity contribution in [2.75, 3.05) is 13.2 Å². The second-order valence-electron chi connectivity index (χ2n) is 5.31. The average molecular weight is 342 g/mol. The van der Waals surface area contributed by atoms with Crippen LogP contribution in [0.25, 0.3) is 0 Å². The number of unbranched alkanes of at least 4 members (excludes halogenated alkanes) is 1. The van der Waals surface area contributed by atoms with E-state index in [4.69, 9.17) is 9.47 Å². The van der Waals surface area contributed by atoms with E-state index in [1.165, 1.54) is 6.21 Å². The zero-order valence-electron chi connectivity index (χ0n) is 14.1. The maximum absolute atomic E-state index is 11.7. The van der Waals surface area contributed by atoms with Crippen LogP contribution in [0.1, 0.15) is 25.3 Å². The first-order valence-corrected chi connectivity index (χ1v) is 8.14. The maximum atomic E-state index is 11.7. The van der Waals surface area contributed by atoms with Crippen molar-refractivity contribution in [1.29, 1.82) is 0 Å². The summed E-state index contributed by atoms with van der Waals surface area (Å²) in [4.78, 5) is 11.7. The van der Waals surface area contributed by atoms with E-state index in [0.29, 0.717) is 17.9 Å². The minimum Gasteiger partial charge on any atom is -0.507 e. The van der Waals surface area contributed by atoms with Crippen molar-refractivity contribution in [3.8, 4) is 17.2 Å². The van der Waals surface area contributed by atoms with Gasteiger partial charge in [0.15, 0.2) is 6.61 Å². The summed E-state index contributed by atoms with van der Waals surface area (Å²) in [6.45, 7) is 2.64. The summed E-state index contributed by atoms with van der Waals surface area (Å²) < 4.78 is 10.9. The van der Waals surface area contributed by atoms with Gasteiger partial charge in [-0.05, 0) is 42.8 Å². The van der Waals surface area contributed by atoms with Crippen LogP contribution >= 0.6 is 0 Å². The number of benzene rings is 2. The molecule has 2 rings (SSSR count). The highest BCUT2D eigenvalue weighted by atomic mass is 16.5. The highest BCUT2D eigenvalue weighted by molar-refractivity contribution is 5.85. The van der Waals surface area contributed by atoms with Gasteiger partial charge in [0.25, 0.3) is 5.91 Å². The lowest BCUT2D eigenvalue weighted by Gasteiger charge is -2.07. The molecule has 0 saturated carbocycles. The van der Waals surface area contributed by atoms with Gasteiger partial charge in [0, 0.05) is 5.56 Å². The lowest BCUT2D eigenvalue weighted by molar-refractivity contribution is -0.123. The molecule has 0 spiro atoms. The number of carbonyl (C=O) groups is 1. The number of hydrazone groups is 1. The number of nitrogens with one attached hydrogen (secondary N) is 1. The number of nitrogens with zero attached hydrogens (tertiary/aromatic N) is 1. The molecule has 0 atom stereocenters. The van der Waals surface area contributed by atoms with Crippen molar-refractivity contribution in [1.82, 2.24) is 5.43 Å². The van der Waals surface area contributed by atoms with Gasteiger partial charge in [0.2, 0.25) is 0 Å². The third kappa shape index (κ3) is 6.55. The summed E-state index contributed by atoms with van der Waals surface area (Å²) in [5.41, 5.74) is 2.86. The van der Waals surface area contributed by atoms with Crippen LogP contribution in [0.4, 0.5) is 0 Å². The summed E-state index contributed by atoms with van der Waals surface area (Å²) in [7, 11) is 0. The van der Waals surface area contributed by atoms with Gasteiger partial charge >= 0.3 is 0 Å². The summed E-state index contributed by atoms with van der Waals surface area (Å²) in [6, 6.07) is 13.8. The van der Waals surface area contributed by atoms with Gasteiger partial charge in [-0.1, -0.05) is 25.5 Å². The molecule has 0 heterocycles. The van der Waals surface area contributed by atoms with Crippen LogP contribution in [0.3, 0.4) is 0 Å². The molecule has 0 unspecified atom stereocenters. The molecule has 0 aromatic heterocycles. The predicted octanol–water partition coefficient (Wildman–Crippen LogP) is 3.10. The zero-order chi connectivity index (χ0) is 17.9. The van der Waals surface area contributed by atoms with Gasteiger partial charge in [-0.25, -0.2) is 5.43 Å². The Bertz CT molecular complexity index is 699. The third-order valence-electron chi connectivity index (χ3n) is 3.29. The van der Waals surface area contributed by atoms with Crippen LogP contribution in [0, 0.1) is 0 Å². The molecule has 25 heavy (non-hydrogen) atoms. The van der Waals surface area contributed by atoms with Gasteiger partial charge < -0.3 is 14.6 Å². The number of rotatable bonds is 9. The molecule has 2 aromatic rings. The SMILES string of the molecule is CCCCOc1ccc(OCC(=O)N/N=C\c2ccccc2O)cc1. The number of phenols is 1. The summed E-state index contributed by atoms with van der Waals surface area (Å²) >= 11 is 0. The molecule has 0 aliphatic rings. The molecule has 0 fully saturated rings. The first kappa shape index (κ1) is 18.3. The molecular formula is C19H22N2O4. The van der Waals surface area contributed by atoms with E-state index in [-0.39, 0.29) is 12.4 Å².